The van der Waals surface area contributed by atoms with Gasteiger partial charge in [0.15, 0.2) is 0 Å². The number of nitrogens with zero attached hydrogens (tertiary/aromatic N) is 1. The van der Waals surface area contributed by atoms with Crippen LogP contribution in [0, 0.1) is 6.92 Å². The van der Waals surface area contributed by atoms with Crippen LogP contribution in [0.25, 0.3) is 0 Å². The molecule has 1 aliphatic rings. The van der Waals surface area contributed by atoms with Crippen molar-refractivity contribution in [1.29, 1.82) is 0 Å². The molecule has 0 saturated heterocycles. The number of carbonyl (C=O) groups is 3. The lowest BCUT2D eigenvalue weighted by atomic mass is 10.1. The maximum Gasteiger partial charge on any atom is 0.261 e. The molecule has 1 N–H and O–H groups in total. The standard InChI is InChI=1S/C20H20N2O4/c1-13-3-8-16-17(11-13)20(25)22(19(16)24)10-9-18(23)21-12-14-4-6-15(26-2)7-5-14/h3-8,11H,9-10,12H2,1-2H3,(H,21,23). The Kier molecular flexibility index (Phi) is 5.02. The third-order valence-electron chi connectivity index (χ3n) is 4.34. The zero-order chi connectivity index (χ0) is 18.7. The quantitative estimate of drug-likeness (QED) is 0.810. The van der Waals surface area contributed by atoms with Crippen LogP contribution in [0.15, 0.2) is 42.5 Å². The van der Waals surface area contributed by atoms with Gasteiger partial charge in [0, 0.05) is 19.5 Å². The zero-order valence-electron chi connectivity index (χ0n) is 14.7. The van der Waals surface area contributed by atoms with E-state index in [0.29, 0.717) is 17.7 Å². The molecule has 134 valence electrons. The number of hydrogen-bond acceptors (Lipinski definition) is 4. The van der Waals surface area contributed by atoms with Crippen molar-refractivity contribution in [3.63, 3.8) is 0 Å². The number of carbonyl (C=O) groups excluding carboxylic acids is 3. The number of nitrogens with one attached hydrogen (secondary N) is 1. The highest BCUT2D eigenvalue weighted by atomic mass is 16.5. The molecule has 1 aliphatic heterocycles. The summed E-state index contributed by atoms with van der Waals surface area (Å²) >= 11 is 0. The first-order valence-corrected chi connectivity index (χ1v) is 8.36. The molecule has 0 unspecified atom stereocenters. The van der Waals surface area contributed by atoms with Gasteiger partial charge in [-0.25, -0.2) is 0 Å². The smallest absolute Gasteiger partial charge is 0.261 e. The molecule has 3 rings (SSSR count). The van der Waals surface area contributed by atoms with Gasteiger partial charge in [-0.05, 0) is 36.8 Å². The van der Waals surface area contributed by atoms with Crippen molar-refractivity contribution in [3.05, 3.63) is 64.7 Å². The number of benzene rings is 2. The minimum absolute atomic E-state index is 0.0693. The van der Waals surface area contributed by atoms with Gasteiger partial charge in [0.2, 0.25) is 5.91 Å². The van der Waals surface area contributed by atoms with Crippen LogP contribution in [0.3, 0.4) is 0 Å². The second-order valence-corrected chi connectivity index (χ2v) is 6.19. The van der Waals surface area contributed by atoms with Gasteiger partial charge in [0.25, 0.3) is 11.8 Å². The van der Waals surface area contributed by atoms with Crippen molar-refractivity contribution >= 4 is 17.7 Å². The SMILES string of the molecule is COc1ccc(CNC(=O)CCN2C(=O)c3ccc(C)cc3C2=O)cc1. The maximum absolute atomic E-state index is 12.4. The van der Waals surface area contributed by atoms with Gasteiger partial charge in [-0.15, -0.1) is 0 Å². The Balaban J connectivity index is 1.53. The summed E-state index contributed by atoms with van der Waals surface area (Å²) in [4.78, 5) is 37.9. The first kappa shape index (κ1) is 17.7. The largest absolute Gasteiger partial charge is 0.497 e. The fraction of sp³-hybridized carbons (Fsp3) is 0.250. The Morgan fingerprint density at radius 1 is 1.04 bits per heavy atom. The first-order valence-electron chi connectivity index (χ1n) is 8.36. The molecule has 0 atom stereocenters. The lowest BCUT2D eigenvalue weighted by molar-refractivity contribution is -0.121. The summed E-state index contributed by atoms with van der Waals surface area (Å²) in [5.41, 5.74) is 2.67. The molecule has 0 saturated carbocycles. The summed E-state index contributed by atoms with van der Waals surface area (Å²) in [6, 6.07) is 12.5. The predicted octanol–water partition coefficient (Wildman–Crippen LogP) is 2.31. The number of rotatable bonds is 6. The van der Waals surface area contributed by atoms with E-state index in [1.807, 2.05) is 31.2 Å². The van der Waals surface area contributed by atoms with Crippen LogP contribution < -0.4 is 10.1 Å². The second-order valence-electron chi connectivity index (χ2n) is 6.19. The van der Waals surface area contributed by atoms with E-state index in [1.54, 1.807) is 25.3 Å². The summed E-state index contributed by atoms with van der Waals surface area (Å²) in [6.07, 6.45) is 0.0700. The zero-order valence-corrected chi connectivity index (χ0v) is 14.7. The molecule has 0 aromatic heterocycles. The van der Waals surface area contributed by atoms with Gasteiger partial charge in [-0.1, -0.05) is 23.8 Å². The van der Waals surface area contributed by atoms with E-state index in [9.17, 15) is 14.4 Å². The maximum atomic E-state index is 12.4. The van der Waals surface area contributed by atoms with Crippen LogP contribution >= 0.6 is 0 Å². The van der Waals surface area contributed by atoms with E-state index in [2.05, 4.69) is 5.32 Å². The average molecular weight is 352 g/mol. The fourth-order valence-corrected chi connectivity index (χ4v) is 2.85. The van der Waals surface area contributed by atoms with Crippen LogP contribution in [-0.2, 0) is 11.3 Å². The Morgan fingerprint density at radius 2 is 1.73 bits per heavy atom. The van der Waals surface area contributed by atoms with Gasteiger partial charge in [0.05, 0.1) is 18.2 Å². The number of methoxy groups -OCH3 is 1. The summed E-state index contributed by atoms with van der Waals surface area (Å²) in [5.74, 6) is -0.140. The third kappa shape index (κ3) is 3.59. The second kappa shape index (κ2) is 7.39. The number of fused-ring (bicyclic) bond motifs is 1. The van der Waals surface area contributed by atoms with Crippen molar-refractivity contribution in [3.8, 4) is 5.75 Å². The minimum Gasteiger partial charge on any atom is -0.497 e. The number of aryl methyl sites for hydroxylation is 1. The monoisotopic (exact) mass is 352 g/mol. The third-order valence-corrected chi connectivity index (χ3v) is 4.34. The van der Waals surface area contributed by atoms with Crippen molar-refractivity contribution < 1.29 is 19.1 Å². The molecule has 3 amide bonds. The molecule has 0 fully saturated rings. The van der Waals surface area contributed by atoms with Gasteiger partial charge >= 0.3 is 0 Å². The number of ether oxygens (including phenoxy) is 1. The Morgan fingerprint density at radius 3 is 2.42 bits per heavy atom. The lowest BCUT2D eigenvalue weighted by Crippen LogP contribution is -2.34. The van der Waals surface area contributed by atoms with Gasteiger partial charge in [0.1, 0.15) is 5.75 Å². The van der Waals surface area contributed by atoms with Crippen molar-refractivity contribution in [1.82, 2.24) is 10.2 Å². The topological polar surface area (TPSA) is 75.7 Å². The van der Waals surface area contributed by atoms with E-state index < -0.39 is 0 Å². The molecule has 6 nitrogen and oxygen atoms in total. The van der Waals surface area contributed by atoms with Gasteiger partial charge in [-0.3, -0.25) is 19.3 Å². The Hall–Kier alpha value is -3.15. The number of hydrogen-bond donors (Lipinski definition) is 1. The average Bonchev–Trinajstić information content (AvgIpc) is 2.88. The molecule has 0 bridgehead atoms. The molecule has 1 heterocycles. The molecule has 6 heteroatoms. The van der Waals surface area contributed by atoms with Crippen LogP contribution in [0.1, 0.15) is 38.3 Å². The highest BCUT2D eigenvalue weighted by Crippen LogP contribution is 2.23. The minimum atomic E-state index is -0.340. The van der Waals surface area contributed by atoms with Gasteiger partial charge < -0.3 is 10.1 Å². The fourth-order valence-electron chi connectivity index (χ4n) is 2.85. The molecular formula is C20H20N2O4. The lowest BCUT2D eigenvalue weighted by Gasteiger charge is -2.13. The number of imide groups is 1. The predicted molar refractivity (Wildman–Crippen MR) is 96.0 cm³/mol. The van der Waals surface area contributed by atoms with E-state index in [1.165, 1.54) is 0 Å². The van der Waals surface area contributed by atoms with Crippen molar-refractivity contribution in [2.45, 2.75) is 19.9 Å². The highest BCUT2D eigenvalue weighted by Gasteiger charge is 2.35. The van der Waals surface area contributed by atoms with E-state index >= 15 is 0 Å². The molecule has 2 aromatic rings. The van der Waals surface area contributed by atoms with Gasteiger partial charge in [-0.2, -0.15) is 0 Å². The van der Waals surface area contributed by atoms with E-state index in [4.69, 9.17) is 4.74 Å². The highest BCUT2D eigenvalue weighted by molar-refractivity contribution is 6.21. The Bertz CT molecular complexity index is 859. The molecule has 0 spiro atoms. The van der Waals surface area contributed by atoms with Crippen LogP contribution in [-0.4, -0.2) is 36.3 Å². The van der Waals surface area contributed by atoms with Crippen LogP contribution in [0.4, 0.5) is 0 Å². The molecule has 0 radical (unpaired) electrons. The van der Waals surface area contributed by atoms with Crippen LogP contribution in [0.5, 0.6) is 5.75 Å². The van der Waals surface area contributed by atoms with E-state index in [-0.39, 0.29) is 30.7 Å². The summed E-state index contributed by atoms with van der Waals surface area (Å²) in [6.45, 7) is 2.32. The summed E-state index contributed by atoms with van der Waals surface area (Å²) < 4.78 is 5.09. The number of amides is 3. The van der Waals surface area contributed by atoms with Crippen molar-refractivity contribution in [2.24, 2.45) is 0 Å². The van der Waals surface area contributed by atoms with Crippen LogP contribution in [0.2, 0.25) is 0 Å². The summed E-state index contributed by atoms with van der Waals surface area (Å²) in [7, 11) is 1.59. The molecule has 0 aliphatic carbocycles. The molecule has 26 heavy (non-hydrogen) atoms. The van der Waals surface area contributed by atoms with E-state index in [0.717, 1.165) is 21.8 Å². The summed E-state index contributed by atoms with van der Waals surface area (Å²) in [5, 5.41) is 2.79. The normalized spacial score (nSPS) is 12.9. The van der Waals surface area contributed by atoms with Crippen molar-refractivity contribution in [2.75, 3.05) is 13.7 Å². The molecular weight excluding hydrogens is 332 g/mol. The Labute approximate surface area is 151 Å². The first-order chi connectivity index (χ1) is 12.5. The molecule has 2 aromatic carbocycles.